The van der Waals surface area contributed by atoms with Crippen LogP contribution in [0.4, 0.5) is 5.82 Å². The molecule has 0 saturated carbocycles. The van der Waals surface area contributed by atoms with E-state index in [0.717, 1.165) is 5.82 Å². The Hall–Kier alpha value is -2.48. The van der Waals surface area contributed by atoms with Gasteiger partial charge in [0.1, 0.15) is 11.6 Å². The van der Waals surface area contributed by atoms with Gasteiger partial charge < -0.3 is 9.83 Å². The third-order valence-electron chi connectivity index (χ3n) is 2.58. The van der Waals surface area contributed by atoms with Crippen LogP contribution in [0, 0.1) is 13.8 Å². The van der Waals surface area contributed by atoms with Crippen LogP contribution in [-0.2, 0) is 0 Å². The van der Waals surface area contributed by atoms with Crippen molar-refractivity contribution >= 4 is 11.5 Å². The van der Waals surface area contributed by atoms with E-state index >= 15 is 0 Å². The molecule has 0 bridgehead atoms. The predicted octanol–water partition coefficient (Wildman–Crippen LogP) is 0.212. The minimum atomic E-state index is 0.531. The van der Waals surface area contributed by atoms with Crippen LogP contribution in [0.3, 0.4) is 0 Å². The van der Waals surface area contributed by atoms with Crippen molar-refractivity contribution < 1.29 is 0 Å². The van der Waals surface area contributed by atoms with Gasteiger partial charge in [0.15, 0.2) is 11.5 Å². The molecule has 8 nitrogen and oxygen atoms in total. The lowest BCUT2D eigenvalue weighted by molar-refractivity contribution is 0.801. The Labute approximate surface area is 102 Å². The highest BCUT2D eigenvalue weighted by Gasteiger charge is 2.13. The van der Waals surface area contributed by atoms with Crippen molar-refractivity contribution in [2.75, 3.05) is 5.43 Å². The van der Waals surface area contributed by atoms with Gasteiger partial charge in [0.05, 0.1) is 6.20 Å². The van der Waals surface area contributed by atoms with Crippen LogP contribution in [0.2, 0.25) is 0 Å². The number of nitrogens with two attached hydrogens (primary N) is 1. The van der Waals surface area contributed by atoms with E-state index in [-0.39, 0.29) is 0 Å². The van der Waals surface area contributed by atoms with Gasteiger partial charge in [-0.3, -0.25) is 0 Å². The Kier molecular flexibility index (Phi) is 2.23. The number of anilines is 1. The molecular weight excluding hydrogens is 232 g/mol. The number of rotatable bonds is 2. The number of aromatic nitrogens is 6. The Balaban J connectivity index is 2.33. The number of nitrogen functional groups attached to an aromatic ring is 1. The number of hydrogen-bond acceptors (Lipinski definition) is 6. The van der Waals surface area contributed by atoms with E-state index in [4.69, 9.17) is 5.84 Å². The molecule has 0 aromatic carbocycles. The largest absolute Gasteiger partial charge is 0.307 e. The van der Waals surface area contributed by atoms with Crippen molar-refractivity contribution in [1.82, 2.24) is 29.1 Å². The molecule has 0 unspecified atom stereocenters. The Morgan fingerprint density at radius 2 is 2.11 bits per heavy atom. The third-order valence-corrected chi connectivity index (χ3v) is 2.58. The number of nitrogens with zero attached hydrogens (tertiary/aromatic N) is 6. The summed E-state index contributed by atoms with van der Waals surface area (Å²) in [7, 11) is 0. The number of aryl methyl sites for hydroxylation is 2. The van der Waals surface area contributed by atoms with Crippen LogP contribution in [0.15, 0.2) is 18.6 Å². The van der Waals surface area contributed by atoms with Gasteiger partial charge in [0.25, 0.3) is 0 Å². The van der Waals surface area contributed by atoms with Crippen LogP contribution >= 0.6 is 0 Å². The molecule has 3 aromatic heterocycles. The quantitative estimate of drug-likeness (QED) is 0.494. The summed E-state index contributed by atoms with van der Waals surface area (Å²) in [6, 6.07) is 0. The summed E-state index contributed by atoms with van der Waals surface area (Å²) >= 11 is 0. The second-order valence-corrected chi connectivity index (χ2v) is 3.87. The van der Waals surface area contributed by atoms with Gasteiger partial charge in [-0.25, -0.2) is 20.8 Å². The first-order valence-corrected chi connectivity index (χ1v) is 5.40. The van der Waals surface area contributed by atoms with Gasteiger partial charge in [-0.05, 0) is 13.8 Å². The predicted molar refractivity (Wildman–Crippen MR) is 65.2 cm³/mol. The standard InChI is InChI=1S/C10H12N8/c1-6-13-7(2)18(16-6)10-9-12-3-4-17(9)5-8(14-10)15-11/h3-5,15H,11H2,1-2H3. The number of fused-ring (bicyclic) bond motifs is 1. The van der Waals surface area contributed by atoms with Gasteiger partial charge in [-0.15, -0.1) is 5.10 Å². The molecule has 8 heteroatoms. The number of hydrogen-bond donors (Lipinski definition) is 2. The molecule has 0 aliphatic carbocycles. The first-order chi connectivity index (χ1) is 8.69. The first kappa shape index (κ1) is 10.7. The summed E-state index contributed by atoms with van der Waals surface area (Å²) in [5.74, 6) is 7.96. The highest BCUT2D eigenvalue weighted by atomic mass is 15.4. The molecule has 0 saturated heterocycles. The van der Waals surface area contributed by atoms with E-state index in [2.05, 4.69) is 25.5 Å². The molecule has 0 fully saturated rings. The molecule has 0 aliphatic rings. The fraction of sp³-hybridized carbons (Fsp3) is 0.200. The molecule has 3 aromatic rings. The van der Waals surface area contributed by atoms with E-state index in [1.165, 1.54) is 0 Å². The summed E-state index contributed by atoms with van der Waals surface area (Å²) in [6.45, 7) is 3.70. The Morgan fingerprint density at radius 1 is 1.28 bits per heavy atom. The zero-order valence-corrected chi connectivity index (χ0v) is 9.99. The summed E-state index contributed by atoms with van der Waals surface area (Å²) in [4.78, 5) is 12.9. The highest BCUT2D eigenvalue weighted by molar-refractivity contribution is 5.57. The zero-order valence-electron chi connectivity index (χ0n) is 9.99. The number of nitrogens with one attached hydrogen (secondary N) is 1. The minimum Gasteiger partial charge on any atom is -0.307 e. The summed E-state index contributed by atoms with van der Waals surface area (Å²) in [5, 5.41) is 4.31. The molecule has 0 atom stereocenters. The maximum atomic E-state index is 5.41. The van der Waals surface area contributed by atoms with Gasteiger partial charge in [0.2, 0.25) is 5.82 Å². The van der Waals surface area contributed by atoms with Gasteiger partial charge in [-0.2, -0.15) is 4.68 Å². The molecule has 3 N–H and O–H groups in total. The van der Waals surface area contributed by atoms with Crippen LogP contribution in [0.5, 0.6) is 0 Å². The van der Waals surface area contributed by atoms with Crippen molar-refractivity contribution in [3.63, 3.8) is 0 Å². The van der Waals surface area contributed by atoms with Crippen LogP contribution in [0.25, 0.3) is 11.5 Å². The monoisotopic (exact) mass is 244 g/mol. The lowest BCUT2D eigenvalue weighted by Crippen LogP contribution is -2.13. The first-order valence-electron chi connectivity index (χ1n) is 5.40. The fourth-order valence-corrected chi connectivity index (χ4v) is 1.85. The number of hydrazine groups is 1. The van der Waals surface area contributed by atoms with Gasteiger partial charge in [0, 0.05) is 12.4 Å². The van der Waals surface area contributed by atoms with Crippen molar-refractivity contribution in [1.29, 1.82) is 0 Å². The van der Waals surface area contributed by atoms with Crippen LogP contribution in [0.1, 0.15) is 11.6 Å². The maximum Gasteiger partial charge on any atom is 0.201 e. The van der Waals surface area contributed by atoms with E-state index in [0.29, 0.717) is 23.1 Å². The second kappa shape index (κ2) is 3.77. The Morgan fingerprint density at radius 3 is 2.78 bits per heavy atom. The molecule has 0 spiro atoms. The fourth-order valence-electron chi connectivity index (χ4n) is 1.85. The lowest BCUT2D eigenvalue weighted by atomic mass is 10.5. The molecule has 0 radical (unpaired) electrons. The van der Waals surface area contributed by atoms with Gasteiger partial charge >= 0.3 is 0 Å². The van der Waals surface area contributed by atoms with E-state index < -0.39 is 0 Å². The van der Waals surface area contributed by atoms with Crippen molar-refractivity contribution in [3.05, 3.63) is 30.2 Å². The summed E-state index contributed by atoms with van der Waals surface area (Å²) < 4.78 is 3.48. The summed E-state index contributed by atoms with van der Waals surface area (Å²) in [6.07, 6.45) is 5.27. The van der Waals surface area contributed by atoms with Crippen molar-refractivity contribution in [2.24, 2.45) is 5.84 Å². The van der Waals surface area contributed by atoms with Crippen molar-refractivity contribution in [2.45, 2.75) is 13.8 Å². The molecule has 92 valence electrons. The normalized spacial score (nSPS) is 11.1. The topological polar surface area (TPSA) is 99.0 Å². The molecule has 3 heterocycles. The maximum absolute atomic E-state index is 5.41. The third kappa shape index (κ3) is 1.51. The molecule has 0 aliphatic heterocycles. The Bertz CT molecular complexity index is 710. The minimum absolute atomic E-state index is 0.531. The number of imidazole rings is 1. The highest BCUT2D eigenvalue weighted by Crippen LogP contribution is 2.15. The average molecular weight is 244 g/mol. The second-order valence-electron chi connectivity index (χ2n) is 3.87. The molecule has 3 rings (SSSR count). The van der Waals surface area contributed by atoms with Gasteiger partial charge in [-0.1, -0.05) is 0 Å². The molecular formula is C10H12N8. The zero-order chi connectivity index (χ0) is 12.7. The van der Waals surface area contributed by atoms with E-state index in [9.17, 15) is 0 Å². The SMILES string of the molecule is Cc1nc(C)n(-c2nc(NN)cn3ccnc23)n1. The summed E-state index contributed by atoms with van der Waals surface area (Å²) in [5.41, 5.74) is 3.22. The lowest BCUT2D eigenvalue weighted by Gasteiger charge is -2.07. The smallest absolute Gasteiger partial charge is 0.201 e. The van der Waals surface area contributed by atoms with E-state index in [1.807, 2.05) is 24.4 Å². The average Bonchev–Trinajstić information content (AvgIpc) is 2.94. The van der Waals surface area contributed by atoms with Crippen molar-refractivity contribution in [3.8, 4) is 5.82 Å². The van der Waals surface area contributed by atoms with Crippen LogP contribution in [-0.4, -0.2) is 29.1 Å². The molecule has 0 amide bonds. The van der Waals surface area contributed by atoms with Crippen LogP contribution < -0.4 is 11.3 Å². The van der Waals surface area contributed by atoms with E-state index in [1.54, 1.807) is 17.1 Å². The molecule has 18 heavy (non-hydrogen) atoms.